The molecule has 1 saturated heterocycles. The SMILES string of the molecule is NC(=O)C(c1ccccc1)N1CCN(C(=O)Nc2cccnc2)CC1. The molecule has 1 atom stereocenters. The van der Waals surface area contributed by atoms with Gasteiger partial charge in [0.2, 0.25) is 5.91 Å². The second kappa shape index (κ2) is 7.76. The van der Waals surface area contributed by atoms with E-state index in [9.17, 15) is 9.59 Å². The first-order chi connectivity index (χ1) is 12.1. The molecule has 0 radical (unpaired) electrons. The lowest BCUT2D eigenvalue weighted by Crippen LogP contribution is -2.52. The van der Waals surface area contributed by atoms with E-state index in [-0.39, 0.29) is 11.9 Å². The molecular weight excluding hydrogens is 318 g/mol. The average Bonchev–Trinajstić information content (AvgIpc) is 2.64. The van der Waals surface area contributed by atoms with E-state index >= 15 is 0 Å². The summed E-state index contributed by atoms with van der Waals surface area (Å²) in [7, 11) is 0. The van der Waals surface area contributed by atoms with Crippen LogP contribution in [0.1, 0.15) is 11.6 Å². The van der Waals surface area contributed by atoms with Crippen LogP contribution < -0.4 is 11.1 Å². The third-order valence-electron chi connectivity index (χ3n) is 4.26. The highest BCUT2D eigenvalue weighted by Gasteiger charge is 2.30. The van der Waals surface area contributed by atoms with E-state index in [1.807, 2.05) is 35.2 Å². The number of pyridine rings is 1. The van der Waals surface area contributed by atoms with Crippen LogP contribution in [0.5, 0.6) is 0 Å². The van der Waals surface area contributed by atoms with Crippen molar-refractivity contribution in [3.63, 3.8) is 0 Å². The monoisotopic (exact) mass is 339 g/mol. The Labute approximate surface area is 146 Å². The largest absolute Gasteiger partial charge is 0.368 e. The highest BCUT2D eigenvalue weighted by atomic mass is 16.2. The number of carbonyl (C=O) groups is 2. The van der Waals surface area contributed by atoms with Crippen molar-refractivity contribution in [1.82, 2.24) is 14.8 Å². The molecule has 7 nitrogen and oxygen atoms in total. The molecule has 3 amide bonds. The minimum Gasteiger partial charge on any atom is -0.368 e. The molecule has 0 bridgehead atoms. The third kappa shape index (κ3) is 4.13. The molecule has 3 rings (SSSR count). The van der Waals surface area contributed by atoms with Gasteiger partial charge in [-0.1, -0.05) is 30.3 Å². The molecule has 1 unspecified atom stereocenters. The Morgan fingerprint density at radius 1 is 1.04 bits per heavy atom. The van der Waals surface area contributed by atoms with Crippen molar-refractivity contribution in [3.05, 3.63) is 60.4 Å². The Hall–Kier alpha value is -2.93. The summed E-state index contributed by atoms with van der Waals surface area (Å²) in [5.41, 5.74) is 7.16. The van der Waals surface area contributed by atoms with Crippen molar-refractivity contribution in [2.24, 2.45) is 5.73 Å². The second-order valence-electron chi connectivity index (χ2n) is 5.91. The molecule has 2 heterocycles. The quantitative estimate of drug-likeness (QED) is 0.882. The first-order valence-electron chi connectivity index (χ1n) is 8.19. The lowest BCUT2D eigenvalue weighted by Gasteiger charge is -2.38. The summed E-state index contributed by atoms with van der Waals surface area (Å²) in [6.07, 6.45) is 3.26. The first kappa shape index (κ1) is 16.9. The molecule has 0 aliphatic carbocycles. The molecule has 0 saturated carbocycles. The zero-order chi connectivity index (χ0) is 17.6. The summed E-state index contributed by atoms with van der Waals surface area (Å²) in [5, 5.41) is 2.82. The number of carbonyl (C=O) groups excluding carboxylic acids is 2. The Morgan fingerprint density at radius 2 is 1.76 bits per heavy atom. The third-order valence-corrected chi connectivity index (χ3v) is 4.26. The predicted octanol–water partition coefficient (Wildman–Crippen LogP) is 1.46. The van der Waals surface area contributed by atoms with Gasteiger partial charge >= 0.3 is 6.03 Å². The molecule has 1 aliphatic heterocycles. The minimum absolute atomic E-state index is 0.164. The van der Waals surface area contributed by atoms with Crippen LogP contribution in [-0.2, 0) is 4.79 Å². The fourth-order valence-electron chi connectivity index (χ4n) is 3.01. The van der Waals surface area contributed by atoms with Crippen molar-refractivity contribution in [2.45, 2.75) is 6.04 Å². The number of urea groups is 1. The Kier molecular flexibility index (Phi) is 5.25. The summed E-state index contributed by atoms with van der Waals surface area (Å²) in [6, 6.07) is 12.4. The standard InChI is InChI=1S/C18H21N5O2/c19-17(24)16(14-5-2-1-3-6-14)22-9-11-23(12-10-22)18(25)21-15-7-4-8-20-13-15/h1-8,13,16H,9-12H2,(H2,19,24)(H,21,25). The number of amides is 3. The summed E-state index contributed by atoms with van der Waals surface area (Å²) in [6.45, 7) is 2.23. The molecule has 3 N–H and O–H groups in total. The average molecular weight is 339 g/mol. The van der Waals surface area contributed by atoms with Crippen LogP contribution in [0.4, 0.5) is 10.5 Å². The number of aromatic nitrogens is 1. The van der Waals surface area contributed by atoms with E-state index in [0.717, 1.165) is 5.56 Å². The number of primary amides is 1. The Morgan fingerprint density at radius 3 is 2.36 bits per heavy atom. The van der Waals surface area contributed by atoms with Gasteiger partial charge in [0, 0.05) is 32.4 Å². The van der Waals surface area contributed by atoms with Gasteiger partial charge in [-0.15, -0.1) is 0 Å². The lowest BCUT2D eigenvalue weighted by molar-refractivity contribution is -0.124. The van der Waals surface area contributed by atoms with Crippen LogP contribution in [0.15, 0.2) is 54.9 Å². The van der Waals surface area contributed by atoms with Crippen molar-refractivity contribution in [3.8, 4) is 0 Å². The molecule has 25 heavy (non-hydrogen) atoms. The van der Waals surface area contributed by atoms with E-state index in [1.165, 1.54) is 0 Å². The maximum Gasteiger partial charge on any atom is 0.321 e. The number of benzene rings is 1. The summed E-state index contributed by atoms with van der Waals surface area (Å²) < 4.78 is 0. The molecule has 1 aliphatic rings. The van der Waals surface area contributed by atoms with Crippen molar-refractivity contribution in [1.29, 1.82) is 0 Å². The molecule has 1 aromatic heterocycles. The zero-order valence-electron chi connectivity index (χ0n) is 13.8. The number of anilines is 1. The van der Waals surface area contributed by atoms with Gasteiger partial charge in [-0.2, -0.15) is 0 Å². The first-order valence-corrected chi connectivity index (χ1v) is 8.19. The number of piperazine rings is 1. The predicted molar refractivity (Wildman–Crippen MR) is 94.8 cm³/mol. The van der Waals surface area contributed by atoms with Crippen molar-refractivity contribution in [2.75, 3.05) is 31.5 Å². The minimum atomic E-state index is -0.468. The molecule has 2 aromatic rings. The zero-order valence-corrected chi connectivity index (χ0v) is 13.8. The van der Waals surface area contributed by atoms with Crippen molar-refractivity contribution >= 4 is 17.6 Å². The molecule has 0 spiro atoms. The van der Waals surface area contributed by atoms with E-state index in [2.05, 4.69) is 10.3 Å². The summed E-state index contributed by atoms with van der Waals surface area (Å²) in [5.74, 6) is -0.375. The highest BCUT2D eigenvalue weighted by Crippen LogP contribution is 2.22. The van der Waals surface area contributed by atoms with E-state index in [4.69, 9.17) is 5.73 Å². The van der Waals surface area contributed by atoms with Gasteiger partial charge in [-0.25, -0.2) is 4.79 Å². The van der Waals surface area contributed by atoms with E-state index < -0.39 is 6.04 Å². The van der Waals surface area contributed by atoms with Crippen LogP contribution in [0, 0.1) is 0 Å². The Bertz CT molecular complexity index is 715. The number of hydrogen-bond donors (Lipinski definition) is 2. The van der Waals surface area contributed by atoms with Gasteiger partial charge in [0.1, 0.15) is 6.04 Å². The van der Waals surface area contributed by atoms with E-state index in [0.29, 0.717) is 31.9 Å². The number of nitrogens with zero attached hydrogens (tertiary/aromatic N) is 3. The Balaban J connectivity index is 1.60. The second-order valence-corrected chi connectivity index (χ2v) is 5.91. The topological polar surface area (TPSA) is 91.6 Å². The van der Waals surface area contributed by atoms with Crippen LogP contribution in [0.2, 0.25) is 0 Å². The van der Waals surface area contributed by atoms with Crippen LogP contribution in [-0.4, -0.2) is 52.9 Å². The van der Waals surface area contributed by atoms with Crippen LogP contribution in [0.3, 0.4) is 0 Å². The molecule has 1 fully saturated rings. The number of hydrogen-bond acceptors (Lipinski definition) is 4. The maximum absolute atomic E-state index is 12.3. The fourth-order valence-corrected chi connectivity index (χ4v) is 3.01. The summed E-state index contributed by atoms with van der Waals surface area (Å²) >= 11 is 0. The maximum atomic E-state index is 12.3. The molecular formula is C18H21N5O2. The number of rotatable bonds is 4. The number of nitrogens with two attached hydrogens (primary N) is 1. The van der Waals surface area contributed by atoms with Gasteiger partial charge in [0.05, 0.1) is 11.9 Å². The van der Waals surface area contributed by atoms with Gasteiger partial charge in [-0.05, 0) is 17.7 Å². The fraction of sp³-hybridized carbons (Fsp3) is 0.278. The smallest absolute Gasteiger partial charge is 0.321 e. The highest BCUT2D eigenvalue weighted by molar-refractivity contribution is 5.89. The van der Waals surface area contributed by atoms with Gasteiger partial charge in [0.15, 0.2) is 0 Å². The normalized spacial score (nSPS) is 16.2. The van der Waals surface area contributed by atoms with Gasteiger partial charge < -0.3 is 16.0 Å². The van der Waals surface area contributed by atoms with Crippen molar-refractivity contribution < 1.29 is 9.59 Å². The lowest BCUT2D eigenvalue weighted by atomic mass is 10.0. The molecule has 1 aromatic carbocycles. The molecule has 7 heteroatoms. The van der Waals surface area contributed by atoms with Crippen LogP contribution in [0.25, 0.3) is 0 Å². The summed E-state index contributed by atoms with van der Waals surface area (Å²) in [4.78, 5) is 32.0. The molecule has 130 valence electrons. The van der Waals surface area contributed by atoms with Crippen LogP contribution >= 0.6 is 0 Å². The van der Waals surface area contributed by atoms with E-state index in [1.54, 1.807) is 29.4 Å². The van der Waals surface area contributed by atoms with Gasteiger partial charge in [-0.3, -0.25) is 14.7 Å². The number of nitrogens with one attached hydrogen (secondary N) is 1. The van der Waals surface area contributed by atoms with Gasteiger partial charge in [0.25, 0.3) is 0 Å².